The summed E-state index contributed by atoms with van der Waals surface area (Å²) in [5, 5.41) is 47.0. The van der Waals surface area contributed by atoms with E-state index in [4.69, 9.17) is 50.5 Å². The molecule has 4 aliphatic rings. The summed E-state index contributed by atoms with van der Waals surface area (Å²) in [6, 6.07) is 3.18. The third-order valence-electron chi connectivity index (χ3n) is 10.7. The van der Waals surface area contributed by atoms with Crippen molar-refractivity contribution >= 4 is 41.4 Å². The number of aliphatic hydroxyl groups is 4. The van der Waals surface area contributed by atoms with E-state index in [0.29, 0.717) is 5.56 Å². The number of fused-ring (bicyclic) bond motifs is 5. The number of aliphatic hydroxyl groups excluding tert-OH is 3. The number of nitrogens with two attached hydrogens (primary N) is 1. The largest absolute Gasteiger partial charge is 0.495 e. The molecule has 4 heterocycles. The second-order valence-electron chi connectivity index (χ2n) is 14.6. The number of halogens is 1. The van der Waals surface area contributed by atoms with Crippen LogP contribution in [0, 0.1) is 5.92 Å². The van der Waals surface area contributed by atoms with E-state index < -0.39 is 109 Å². The molecule has 4 aliphatic heterocycles. The van der Waals surface area contributed by atoms with E-state index in [2.05, 4.69) is 5.32 Å². The predicted octanol–water partition coefficient (Wildman–Crippen LogP) is 1.35. The van der Waals surface area contributed by atoms with Gasteiger partial charge in [0.05, 0.1) is 31.9 Å². The predicted molar refractivity (Wildman–Crippen MR) is 195 cm³/mol. The number of alkyl carbamates (subject to hydrolysis) is 1. The molecular formula is C37H50ClN3O15. The number of epoxide rings is 1. The van der Waals surface area contributed by atoms with Gasteiger partial charge in [0, 0.05) is 25.9 Å². The summed E-state index contributed by atoms with van der Waals surface area (Å²) in [6.45, 7) is 5.88. The van der Waals surface area contributed by atoms with Crippen LogP contribution in [0.25, 0.3) is 0 Å². The Labute approximate surface area is 328 Å². The van der Waals surface area contributed by atoms with Crippen molar-refractivity contribution in [1.29, 1.82) is 0 Å². The quantitative estimate of drug-likeness (QED) is 0.129. The Hall–Kier alpha value is -4.01. The zero-order valence-corrected chi connectivity index (χ0v) is 32.6. The maximum Gasteiger partial charge on any atom is 0.409 e. The SMILES string of the molecule is CCC(=O)O[C@H]1CC(=O)N([C@@H]2O[C@H](CO)[C@@H](OC(N)=O)[C@H](O)[C@H]2O)c2cc(cc(OC)c2Cl)CC(C)=CC=C[C@@H](OC)[C@@]2(O)C[C@H](OC(=O)N2)[C@@H](C)[C@@H]2O[C@@]12C. The fourth-order valence-corrected chi connectivity index (χ4v) is 7.86. The van der Waals surface area contributed by atoms with E-state index in [-0.39, 0.29) is 35.7 Å². The number of anilines is 1. The van der Waals surface area contributed by atoms with Crippen molar-refractivity contribution in [3.8, 4) is 5.75 Å². The first-order valence-corrected chi connectivity index (χ1v) is 18.5. The van der Waals surface area contributed by atoms with Gasteiger partial charge < -0.3 is 59.3 Å². The lowest BCUT2D eigenvalue weighted by atomic mass is 9.83. The van der Waals surface area contributed by atoms with E-state index in [1.807, 2.05) is 6.92 Å². The van der Waals surface area contributed by atoms with Crippen molar-refractivity contribution in [3.05, 3.63) is 46.5 Å². The number of ether oxygens (including phenoxy) is 7. The van der Waals surface area contributed by atoms with Gasteiger partial charge in [-0.25, -0.2) is 9.59 Å². The molecule has 12 atom stereocenters. The van der Waals surface area contributed by atoms with Crippen LogP contribution in [0.1, 0.15) is 52.5 Å². The third kappa shape index (κ3) is 8.77. The van der Waals surface area contributed by atoms with Crippen LogP contribution in [0.3, 0.4) is 0 Å². The fourth-order valence-electron chi connectivity index (χ4n) is 7.58. The molecule has 4 bridgehead atoms. The molecule has 7 N–H and O–H groups in total. The van der Waals surface area contributed by atoms with E-state index in [1.54, 1.807) is 51.1 Å². The number of methoxy groups -OCH3 is 2. The molecule has 0 saturated carbocycles. The number of allylic oxidation sites excluding steroid dienone is 3. The van der Waals surface area contributed by atoms with Gasteiger partial charge in [-0.1, -0.05) is 49.2 Å². The Kier molecular flexibility index (Phi) is 13.3. The molecule has 3 saturated heterocycles. The first-order valence-electron chi connectivity index (χ1n) is 18.1. The summed E-state index contributed by atoms with van der Waals surface area (Å²) in [5.74, 6) is -2.02. The first kappa shape index (κ1) is 43.1. The minimum atomic E-state index is -1.98. The van der Waals surface area contributed by atoms with Crippen LogP contribution in [-0.4, -0.2) is 132 Å². The molecule has 19 heteroatoms. The monoisotopic (exact) mass is 811 g/mol. The third-order valence-corrected chi connectivity index (χ3v) is 11.0. The molecule has 18 nitrogen and oxygen atoms in total. The Morgan fingerprint density at radius 2 is 1.88 bits per heavy atom. The molecule has 310 valence electrons. The summed E-state index contributed by atoms with van der Waals surface area (Å²) in [7, 11) is 2.75. The molecule has 1 aromatic carbocycles. The number of amides is 3. The maximum absolute atomic E-state index is 14.9. The topological polar surface area (TPSA) is 258 Å². The number of benzene rings is 1. The van der Waals surface area contributed by atoms with Gasteiger partial charge >= 0.3 is 18.2 Å². The summed E-state index contributed by atoms with van der Waals surface area (Å²) >= 11 is 6.90. The summed E-state index contributed by atoms with van der Waals surface area (Å²) in [4.78, 5) is 53.3. The van der Waals surface area contributed by atoms with Crippen molar-refractivity contribution in [2.45, 2.75) is 120 Å². The molecule has 5 rings (SSSR count). The number of hydrogen-bond acceptors (Lipinski definition) is 15. The van der Waals surface area contributed by atoms with Crippen LogP contribution in [0.5, 0.6) is 5.75 Å². The van der Waals surface area contributed by atoms with Crippen molar-refractivity contribution in [2.75, 3.05) is 25.7 Å². The van der Waals surface area contributed by atoms with Crippen LogP contribution in [0.2, 0.25) is 5.02 Å². The molecule has 3 amide bonds. The Bertz CT molecular complexity index is 1730. The van der Waals surface area contributed by atoms with Crippen LogP contribution in [0.15, 0.2) is 35.9 Å². The molecule has 0 aromatic heterocycles. The number of carbonyl (C=O) groups is 4. The molecule has 0 unspecified atom stereocenters. The molecule has 56 heavy (non-hydrogen) atoms. The van der Waals surface area contributed by atoms with Crippen molar-refractivity contribution in [1.82, 2.24) is 5.32 Å². The number of rotatable bonds is 7. The van der Waals surface area contributed by atoms with Crippen LogP contribution in [-0.2, 0) is 44.4 Å². The summed E-state index contributed by atoms with van der Waals surface area (Å²) in [6.07, 6.45) is -10.6. The van der Waals surface area contributed by atoms with Gasteiger partial charge in [0.1, 0.15) is 53.0 Å². The van der Waals surface area contributed by atoms with Crippen LogP contribution < -0.4 is 20.7 Å². The van der Waals surface area contributed by atoms with Gasteiger partial charge in [0.15, 0.2) is 18.1 Å². The average Bonchev–Trinajstić information content (AvgIpc) is 3.84. The second kappa shape index (κ2) is 17.2. The zero-order chi connectivity index (χ0) is 41.3. The lowest BCUT2D eigenvalue weighted by Gasteiger charge is -2.45. The molecule has 3 fully saturated rings. The van der Waals surface area contributed by atoms with Crippen LogP contribution >= 0.6 is 11.6 Å². The number of esters is 1. The van der Waals surface area contributed by atoms with Gasteiger partial charge in [0.2, 0.25) is 5.91 Å². The first-order chi connectivity index (χ1) is 26.4. The Morgan fingerprint density at radius 1 is 1.16 bits per heavy atom. The highest BCUT2D eigenvalue weighted by Gasteiger charge is 2.64. The number of primary amides is 1. The molecule has 1 aromatic rings. The minimum Gasteiger partial charge on any atom is -0.495 e. The molecule has 0 aliphatic carbocycles. The number of nitrogens with one attached hydrogen (secondary N) is 1. The van der Waals surface area contributed by atoms with Crippen molar-refractivity contribution in [3.63, 3.8) is 0 Å². The van der Waals surface area contributed by atoms with E-state index in [0.717, 1.165) is 10.5 Å². The zero-order valence-electron chi connectivity index (χ0n) is 31.9. The summed E-state index contributed by atoms with van der Waals surface area (Å²) < 4.78 is 39.8. The highest BCUT2D eigenvalue weighted by atomic mass is 35.5. The van der Waals surface area contributed by atoms with Gasteiger partial charge in [-0.15, -0.1) is 0 Å². The molecule has 0 spiro atoms. The van der Waals surface area contributed by atoms with E-state index >= 15 is 0 Å². The molecule has 0 radical (unpaired) electrons. The van der Waals surface area contributed by atoms with E-state index in [1.165, 1.54) is 14.2 Å². The normalized spacial score (nSPS) is 36.3. The fraction of sp³-hybridized carbons (Fsp3) is 0.622. The number of nitrogens with zero attached hydrogens (tertiary/aromatic N) is 1. The molecular weight excluding hydrogens is 762 g/mol. The Morgan fingerprint density at radius 3 is 2.50 bits per heavy atom. The minimum absolute atomic E-state index is 0.0460. The Balaban J connectivity index is 1.68. The van der Waals surface area contributed by atoms with Crippen molar-refractivity contribution < 1.29 is 72.8 Å². The second-order valence-corrected chi connectivity index (χ2v) is 14.9. The number of hydrogen-bond donors (Lipinski definition) is 6. The highest BCUT2D eigenvalue weighted by Crippen LogP contribution is 2.49. The van der Waals surface area contributed by atoms with Gasteiger partial charge in [-0.05, 0) is 38.0 Å². The lowest BCUT2D eigenvalue weighted by Crippen LogP contribution is -2.65. The lowest BCUT2D eigenvalue weighted by molar-refractivity contribution is -0.227. The van der Waals surface area contributed by atoms with E-state index in [9.17, 15) is 39.6 Å². The average molecular weight is 812 g/mol. The highest BCUT2D eigenvalue weighted by molar-refractivity contribution is 6.35. The number of carbonyl (C=O) groups excluding carboxylic acids is 4. The van der Waals surface area contributed by atoms with Crippen molar-refractivity contribution in [2.24, 2.45) is 11.7 Å². The van der Waals surface area contributed by atoms with Gasteiger partial charge in [-0.3, -0.25) is 19.8 Å². The van der Waals surface area contributed by atoms with Gasteiger partial charge in [-0.2, -0.15) is 0 Å². The van der Waals surface area contributed by atoms with Crippen LogP contribution in [0.4, 0.5) is 15.3 Å². The summed E-state index contributed by atoms with van der Waals surface area (Å²) in [5.41, 5.74) is 3.22. The maximum atomic E-state index is 14.9. The van der Waals surface area contributed by atoms with Gasteiger partial charge in [0.25, 0.3) is 0 Å². The standard InChI is InChI=1S/C37H50ClN3O15/c1-7-27(44)54-25-14-26(43)41(33-30(46)29(45)31(55-34(39)47)23(16-42)52-33)20-12-19(13-21(50-5)28(20)38)11-17(2)9-8-10-24(51-6)37(49)15-22(53-35(48)40-37)18(3)32-36(25,4)56-32/h8-10,12-13,18,22-25,29-33,42,45-46,49H,7,11,14-16H2,1-6H3,(H2,39,47)(H,40,48)/t18-,22+,23-,24-,25+,29-,30-,31-,32+,33-,36+,37+/m1/s1. The smallest absolute Gasteiger partial charge is 0.409 e.